The lowest BCUT2D eigenvalue weighted by molar-refractivity contribution is -0.131. The van der Waals surface area contributed by atoms with E-state index in [0.29, 0.717) is 0 Å². The van der Waals surface area contributed by atoms with E-state index >= 15 is 0 Å². The lowest BCUT2D eigenvalue weighted by atomic mass is 9.75. The third-order valence-electron chi connectivity index (χ3n) is 4.33. The molecule has 1 N–H and O–H groups in total. The fourth-order valence-electron chi connectivity index (χ4n) is 2.85. The van der Waals surface area contributed by atoms with Crippen molar-refractivity contribution >= 4 is 5.91 Å². The van der Waals surface area contributed by atoms with E-state index < -0.39 is 0 Å². The van der Waals surface area contributed by atoms with Crippen LogP contribution in [0.2, 0.25) is 0 Å². The van der Waals surface area contributed by atoms with Gasteiger partial charge in [-0.05, 0) is 31.7 Å². The molecule has 0 spiro atoms. The predicted octanol–water partition coefficient (Wildman–Crippen LogP) is 3.62. The van der Waals surface area contributed by atoms with Gasteiger partial charge in [0.2, 0.25) is 5.91 Å². The summed E-state index contributed by atoms with van der Waals surface area (Å²) >= 11 is 0. The highest BCUT2D eigenvalue weighted by Crippen LogP contribution is 2.35. The largest absolute Gasteiger partial charge is 0.355 e. The molecule has 0 atom stereocenters. The van der Waals surface area contributed by atoms with Gasteiger partial charge in [0.1, 0.15) is 0 Å². The second kappa shape index (κ2) is 6.23. The summed E-state index contributed by atoms with van der Waals surface area (Å²) in [6, 6.07) is 8.53. The molecule has 104 valence electrons. The molecule has 2 heteroatoms. The second-order valence-electron chi connectivity index (χ2n) is 6.11. The topological polar surface area (TPSA) is 29.1 Å². The third-order valence-corrected chi connectivity index (χ3v) is 4.33. The van der Waals surface area contributed by atoms with E-state index in [4.69, 9.17) is 0 Å². The van der Waals surface area contributed by atoms with Gasteiger partial charge in [-0.3, -0.25) is 4.79 Å². The van der Waals surface area contributed by atoms with Gasteiger partial charge in [0.05, 0.1) is 0 Å². The molecule has 2 rings (SSSR count). The Morgan fingerprint density at radius 3 is 2.42 bits per heavy atom. The number of rotatable bonds is 4. The number of hydrogen-bond donors (Lipinski definition) is 1. The summed E-state index contributed by atoms with van der Waals surface area (Å²) in [6.45, 7) is 4.96. The normalized spacial score (nSPS) is 18.0. The van der Waals surface area contributed by atoms with Crippen LogP contribution < -0.4 is 5.32 Å². The monoisotopic (exact) mass is 259 g/mol. The highest BCUT2D eigenvalue weighted by atomic mass is 16.2. The van der Waals surface area contributed by atoms with Crippen LogP contribution in [0.15, 0.2) is 24.3 Å². The maximum atomic E-state index is 12.3. The first-order valence-electron chi connectivity index (χ1n) is 7.44. The Balaban J connectivity index is 1.78. The molecule has 19 heavy (non-hydrogen) atoms. The molecule has 1 saturated carbocycles. The standard InChI is InChI=1S/C17H25NO/c1-14-6-8-15(9-7-14)10-13-18-16(19)17(2)11-4-3-5-12-17/h6-9H,3-5,10-13H2,1-2H3,(H,18,19). The molecule has 1 fully saturated rings. The number of amides is 1. The van der Waals surface area contributed by atoms with Crippen molar-refractivity contribution in [3.63, 3.8) is 0 Å². The molecule has 0 unspecified atom stereocenters. The zero-order chi connectivity index (χ0) is 13.7. The summed E-state index contributed by atoms with van der Waals surface area (Å²) in [5.41, 5.74) is 2.45. The Bertz CT molecular complexity index is 415. The fraction of sp³-hybridized carbons (Fsp3) is 0.588. The molecule has 0 radical (unpaired) electrons. The van der Waals surface area contributed by atoms with Crippen LogP contribution in [0.25, 0.3) is 0 Å². The number of hydrogen-bond acceptors (Lipinski definition) is 1. The van der Waals surface area contributed by atoms with Crippen LogP contribution in [0.5, 0.6) is 0 Å². The number of benzene rings is 1. The third kappa shape index (κ3) is 3.82. The zero-order valence-electron chi connectivity index (χ0n) is 12.2. The number of carbonyl (C=O) groups excluding carboxylic acids is 1. The van der Waals surface area contributed by atoms with Gasteiger partial charge in [-0.2, -0.15) is 0 Å². The first-order chi connectivity index (χ1) is 9.10. The highest BCUT2D eigenvalue weighted by molar-refractivity contribution is 5.82. The second-order valence-corrected chi connectivity index (χ2v) is 6.11. The Labute approximate surface area is 116 Å². The van der Waals surface area contributed by atoms with Crippen molar-refractivity contribution in [3.05, 3.63) is 35.4 Å². The van der Waals surface area contributed by atoms with Gasteiger partial charge in [-0.1, -0.05) is 56.0 Å². The van der Waals surface area contributed by atoms with E-state index in [9.17, 15) is 4.79 Å². The van der Waals surface area contributed by atoms with E-state index in [1.54, 1.807) is 0 Å². The lowest BCUT2D eigenvalue weighted by Gasteiger charge is -2.32. The Morgan fingerprint density at radius 2 is 1.79 bits per heavy atom. The van der Waals surface area contributed by atoms with Crippen molar-refractivity contribution in [2.75, 3.05) is 6.54 Å². The van der Waals surface area contributed by atoms with Gasteiger partial charge in [0.15, 0.2) is 0 Å². The Morgan fingerprint density at radius 1 is 1.16 bits per heavy atom. The number of nitrogens with one attached hydrogen (secondary N) is 1. The smallest absolute Gasteiger partial charge is 0.225 e. The van der Waals surface area contributed by atoms with Crippen molar-refractivity contribution in [2.24, 2.45) is 5.41 Å². The van der Waals surface area contributed by atoms with E-state index in [1.807, 2.05) is 0 Å². The Hall–Kier alpha value is -1.31. The van der Waals surface area contributed by atoms with Crippen LogP contribution >= 0.6 is 0 Å². The molecule has 0 aliphatic heterocycles. The van der Waals surface area contributed by atoms with E-state index in [2.05, 4.69) is 43.4 Å². The van der Waals surface area contributed by atoms with Crippen LogP contribution in [0.4, 0.5) is 0 Å². The summed E-state index contributed by atoms with van der Waals surface area (Å²) in [7, 11) is 0. The number of carbonyl (C=O) groups is 1. The molecule has 1 aromatic rings. The molecule has 1 aromatic carbocycles. The maximum absolute atomic E-state index is 12.3. The quantitative estimate of drug-likeness (QED) is 0.879. The minimum Gasteiger partial charge on any atom is -0.355 e. The average Bonchev–Trinajstić information content (AvgIpc) is 2.42. The van der Waals surface area contributed by atoms with Crippen LogP contribution in [0, 0.1) is 12.3 Å². The zero-order valence-corrected chi connectivity index (χ0v) is 12.2. The molecular weight excluding hydrogens is 234 g/mol. The summed E-state index contributed by atoms with van der Waals surface area (Å²) < 4.78 is 0. The molecule has 0 heterocycles. The van der Waals surface area contributed by atoms with Gasteiger partial charge >= 0.3 is 0 Å². The molecule has 0 saturated heterocycles. The van der Waals surface area contributed by atoms with Crippen molar-refractivity contribution in [1.82, 2.24) is 5.32 Å². The summed E-state index contributed by atoms with van der Waals surface area (Å²) in [5.74, 6) is 0.249. The van der Waals surface area contributed by atoms with Crippen molar-refractivity contribution < 1.29 is 4.79 Å². The lowest BCUT2D eigenvalue weighted by Crippen LogP contribution is -2.41. The van der Waals surface area contributed by atoms with Crippen LogP contribution in [0.3, 0.4) is 0 Å². The van der Waals surface area contributed by atoms with Gasteiger partial charge in [-0.15, -0.1) is 0 Å². The van der Waals surface area contributed by atoms with Crippen LogP contribution in [-0.2, 0) is 11.2 Å². The fourth-order valence-corrected chi connectivity index (χ4v) is 2.85. The van der Waals surface area contributed by atoms with E-state index in [-0.39, 0.29) is 11.3 Å². The van der Waals surface area contributed by atoms with Gasteiger partial charge < -0.3 is 5.32 Å². The van der Waals surface area contributed by atoms with Gasteiger partial charge in [0.25, 0.3) is 0 Å². The van der Waals surface area contributed by atoms with E-state index in [1.165, 1.54) is 30.4 Å². The minimum absolute atomic E-state index is 0.120. The van der Waals surface area contributed by atoms with Crippen LogP contribution in [0.1, 0.15) is 50.2 Å². The molecule has 2 nitrogen and oxygen atoms in total. The molecular formula is C17H25NO. The summed E-state index contributed by atoms with van der Waals surface area (Å²) in [6.07, 6.45) is 6.69. The van der Waals surface area contributed by atoms with Crippen molar-refractivity contribution in [2.45, 2.75) is 52.4 Å². The molecule has 0 aromatic heterocycles. The molecule has 1 amide bonds. The SMILES string of the molecule is Cc1ccc(CCNC(=O)C2(C)CCCCC2)cc1. The summed E-state index contributed by atoms with van der Waals surface area (Å²) in [5, 5.41) is 3.12. The van der Waals surface area contributed by atoms with Crippen molar-refractivity contribution in [3.8, 4) is 0 Å². The predicted molar refractivity (Wildman–Crippen MR) is 79.1 cm³/mol. The molecule has 1 aliphatic rings. The highest BCUT2D eigenvalue weighted by Gasteiger charge is 2.33. The first-order valence-corrected chi connectivity index (χ1v) is 7.44. The molecule has 1 aliphatic carbocycles. The van der Waals surface area contributed by atoms with Gasteiger partial charge in [0, 0.05) is 12.0 Å². The first kappa shape index (κ1) is 14.1. The minimum atomic E-state index is -0.120. The average molecular weight is 259 g/mol. The number of aryl methyl sites for hydroxylation is 1. The molecule has 0 bridgehead atoms. The Kier molecular flexibility index (Phi) is 4.62. The van der Waals surface area contributed by atoms with E-state index in [0.717, 1.165) is 25.8 Å². The maximum Gasteiger partial charge on any atom is 0.225 e. The summed E-state index contributed by atoms with van der Waals surface area (Å²) in [4.78, 5) is 12.3. The van der Waals surface area contributed by atoms with Crippen molar-refractivity contribution in [1.29, 1.82) is 0 Å². The van der Waals surface area contributed by atoms with Crippen LogP contribution in [-0.4, -0.2) is 12.5 Å². The van der Waals surface area contributed by atoms with Gasteiger partial charge in [-0.25, -0.2) is 0 Å².